The molecule has 1 amide bonds. The lowest BCUT2D eigenvalue weighted by Crippen LogP contribution is -2.13. The third-order valence-corrected chi connectivity index (χ3v) is 5.05. The number of phenols is 1. The largest absolute Gasteiger partial charge is 0.505 e. The number of methoxy groups -OCH3 is 2. The number of benzene rings is 4. The van der Waals surface area contributed by atoms with E-state index in [-0.39, 0.29) is 17.0 Å². The van der Waals surface area contributed by atoms with Crippen molar-refractivity contribution in [1.29, 1.82) is 0 Å². The van der Waals surface area contributed by atoms with Crippen LogP contribution in [-0.4, -0.2) is 25.2 Å². The average Bonchev–Trinajstić information content (AvgIpc) is 2.84. The van der Waals surface area contributed by atoms with E-state index in [4.69, 9.17) is 15.2 Å². The number of carbonyl (C=O) groups excluding carboxylic acids is 1. The first-order chi connectivity index (χ1) is 16.0. The Balaban J connectivity index is 1.76. The van der Waals surface area contributed by atoms with Gasteiger partial charge in [0.05, 0.1) is 31.2 Å². The number of hydrogen-bond acceptors (Lipinski definition) is 7. The first-order valence-electron chi connectivity index (χ1n) is 10.1. The first-order valence-corrected chi connectivity index (χ1v) is 10.1. The minimum absolute atomic E-state index is 0.0461. The molecule has 0 aliphatic rings. The van der Waals surface area contributed by atoms with Crippen molar-refractivity contribution in [1.82, 2.24) is 0 Å². The Hall–Kier alpha value is -4.59. The van der Waals surface area contributed by atoms with E-state index in [1.54, 1.807) is 54.6 Å². The number of amides is 1. The quantitative estimate of drug-likeness (QED) is 0.257. The third-order valence-electron chi connectivity index (χ3n) is 5.05. The van der Waals surface area contributed by atoms with Crippen molar-refractivity contribution in [3.63, 3.8) is 0 Å². The van der Waals surface area contributed by atoms with Crippen molar-refractivity contribution in [3.05, 3.63) is 78.4 Å². The minimum Gasteiger partial charge on any atom is -0.505 e. The molecule has 0 heterocycles. The lowest BCUT2D eigenvalue weighted by atomic mass is 10.0. The number of rotatable bonds is 6. The lowest BCUT2D eigenvalue weighted by molar-refractivity contribution is 0.102. The predicted octanol–water partition coefficient (Wildman–Crippen LogP) is 5.81. The topological polar surface area (TPSA) is 119 Å². The maximum Gasteiger partial charge on any atom is 0.259 e. The number of nitrogens with zero attached hydrogens (tertiary/aromatic N) is 2. The zero-order chi connectivity index (χ0) is 23.4. The number of aromatic hydroxyl groups is 1. The Kier molecular flexibility index (Phi) is 6.08. The number of nitrogens with two attached hydrogens (primary N) is 1. The van der Waals surface area contributed by atoms with Gasteiger partial charge in [0, 0.05) is 17.1 Å². The van der Waals surface area contributed by atoms with Crippen LogP contribution in [0.1, 0.15) is 10.4 Å². The SMILES string of the molecule is COc1ccc(OC)c(NC(=O)c2cc3ccccc3c(N=Nc3ccc(N)cc3)c2O)c1. The van der Waals surface area contributed by atoms with E-state index in [1.807, 2.05) is 18.2 Å². The summed E-state index contributed by atoms with van der Waals surface area (Å²) in [6, 6.07) is 20.8. The summed E-state index contributed by atoms with van der Waals surface area (Å²) in [5.74, 6) is 0.181. The van der Waals surface area contributed by atoms with E-state index in [0.717, 1.165) is 5.39 Å². The van der Waals surface area contributed by atoms with Gasteiger partial charge in [-0.2, -0.15) is 5.11 Å². The van der Waals surface area contributed by atoms with E-state index < -0.39 is 5.91 Å². The van der Waals surface area contributed by atoms with Crippen molar-refractivity contribution in [2.24, 2.45) is 10.2 Å². The normalized spacial score (nSPS) is 11.0. The zero-order valence-electron chi connectivity index (χ0n) is 18.1. The van der Waals surface area contributed by atoms with Gasteiger partial charge in [0.15, 0.2) is 5.75 Å². The highest BCUT2D eigenvalue weighted by atomic mass is 16.5. The van der Waals surface area contributed by atoms with Gasteiger partial charge in [0.25, 0.3) is 5.91 Å². The summed E-state index contributed by atoms with van der Waals surface area (Å²) in [6.45, 7) is 0. The van der Waals surface area contributed by atoms with Crippen LogP contribution in [0.3, 0.4) is 0 Å². The minimum atomic E-state index is -0.534. The molecule has 0 aliphatic heterocycles. The highest BCUT2D eigenvalue weighted by Gasteiger charge is 2.20. The molecule has 0 saturated carbocycles. The molecule has 4 aromatic carbocycles. The second kappa shape index (κ2) is 9.27. The first kappa shape index (κ1) is 21.6. The van der Waals surface area contributed by atoms with Crippen LogP contribution in [0.2, 0.25) is 0 Å². The van der Waals surface area contributed by atoms with Gasteiger partial charge in [0.1, 0.15) is 17.2 Å². The van der Waals surface area contributed by atoms with E-state index in [9.17, 15) is 9.90 Å². The van der Waals surface area contributed by atoms with E-state index >= 15 is 0 Å². The molecule has 0 unspecified atom stereocenters. The number of hydrogen-bond donors (Lipinski definition) is 3. The van der Waals surface area contributed by atoms with Crippen LogP contribution in [0.5, 0.6) is 17.2 Å². The van der Waals surface area contributed by atoms with Crippen molar-refractivity contribution in [2.45, 2.75) is 0 Å². The molecule has 0 aromatic heterocycles. The maximum atomic E-state index is 13.2. The Morgan fingerprint density at radius 2 is 1.70 bits per heavy atom. The molecule has 0 fully saturated rings. The van der Waals surface area contributed by atoms with Crippen molar-refractivity contribution in [3.8, 4) is 17.2 Å². The highest BCUT2D eigenvalue weighted by Crippen LogP contribution is 2.40. The third kappa shape index (κ3) is 4.54. The summed E-state index contributed by atoms with van der Waals surface area (Å²) < 4.78 is 10.6. The van der Waals surface area contributed by atoms with Gasteiger partial charge in [-0.15, -0.1) is 5.11 Å². The molecule has 0 spiro atoms. The summed E-state index contributed by atoms with van der Waals surface area (Å²) in [5, 5.41) is 23.6. The van der Waals surface area contributed by atoms with Gasteiger partial charge >= 0.3 is 0 Å². The Morgan fingerprint density at radius 1 is 0.939 bits per heavy atom. The fourth-order valence-electron chi connectivity index (χ4n) is 3.34. The number of phenolic OH excluding ortho intramolecular Hbond substituents is 1. The van der Waals surface area contributed by atoms with Crippen molar-refractivity contribution in [2.75, 3.05) is 25.3 Å². The number of anilines is 2. The molecule has 8 heteroatoms. The van der Waals surface area contributed by atoms with Crippen LogP contribution in [0, 0.1) is 0 Å². The molecule has 166 valence electrons. The fourth-order valence-corrected chi connectivity index (χ4v) is 3.34. The van der Waals surface area contributed by atoms with Gasteiger partial charge < -0.3 is 25.6 Å². The summed E-state index contributed by atoms with van der Waals surface area (Å²) in [5.41, 5.74) is 7.51. The molecule has 4 aromatic rings. The number of nitrogens with one attached hydrogen (secondary N) is 1. The van der Waals surface area contributed by atoms with Crippen molar-refractivity contribution < 1.29 is 19.4 Å². The predicted molar refractivity (Wildman–Crippen MR) is 128 cm³/mol. The van der Waals surface area contributed by atoms with Crippen LogP contribution in [0.4, 0.5) is 22.7 Å². The number of azo groups is 1. The van der Waals surface area contributed by atoms with Gasteiger partial charge in [-0.3, -0.25) is 4.79 Å². The Labute approximate surface area is 190 Å². The molecule has 0 radical (unpaired) electrons. The van der Waals surface area contributed by atoms with Gasteiger partial charge in [-0.25, -0.2) is 0 Å². The fraction of sp³-hybridized carbons (Fsp3) is 0.0800. The standard InChI is InChI=1S/C25H22N4O4/c1-32-18-11-12-22(33-2)21(14-18)27-25(31)20-13-15-5-3-4-6-19(15)23(24(20)30)29-28-17-9-7-16(26)8-10-17/h3-14,30H,26H2,1-2H3,(H,27,31). The Morgan fingerprint density at radius 3 is 2.42 bits per heavy atom. The molecule has 33 heavy (non-hydrogen) atoms. The summed E-state index contributed by atoms with van der Waals surface area (Å²) in [4.78, 5) is 13.2. The maximum absolute atomic E-state index is 13.2. The molecule has 0 bridgehead atoms. The monoisotopic (exact) mass is 442 g/mol. The number of nitrogen functional groups attached to an aromatic ring is 1. The molecule has 0 aliphatic carbocycles. The lowest BCUT2D eigenvalue weighted by Gasteiger charge is -2.14. The van der Waals surface area contributed by atoms with Crippen LogP contribution in [0.25, 0.3) is 10.8 Å². The van der Waals surface area contributed by atoms with E-state index in [1.165, 1.54) is 14.2 Å². The second-order valence-electron chi connectivity index (χ2n) is 7.15. The van der Waals surface area contributed by atoms with Crippen LogP contribution in [-0.2, 0) is 0 Å². The number of fused-ring (bicyclic) bond motifs is 1. The van der Waals surface area contributed by atoms with Gasteiger partial charge in [0.2, 0.25) is 0 Å². The van der Waals surface area contributed by atoms with Gasteiger partial charge in [-0.05, 0) is 47.9 Å². The van der Waals surface area contributed by atoms with E-state index in [0.29, 0.717) is 33.9 Å². The number of carbonyl (C=O) groups is 1. The zero-order valence-corrected chi connectivity index (χ0v) is 18.1. The summed E-state index contributed by atoms with van der Waals surface area (Å²) in [6.07, 6.45) is 0. The number of ether oxygens (including phenoxy) is 2. The molecule has 4 rings (SSSR count). The van der Waals surface area contributed by atoms with Crippen LogP contribution in [0.15, 0.2) is 83.0 Å². The van der Waals surface area contributed by atoms with Crippen LogP contribution < -0.4 is 20.5 Å². The highest BCUT2D eigenvalue weighted by molar-refractivity contribution is 6.12. The van der Waals surface area contributed by atoms with E-state index in [2.05, 4.69) is 15.5 Å². The Bertz CT molecular complexity index is 1350. The molecule has 0 saturated heterocycles. The molecule has 8 nitrogen and oxygen atoms in total. The summed E-state index contributed by atoms with van der Waals surface area (Å²) >= 11 is 0. The van der Waals surface area contributed by atoms with Crippen LogP contribution >= 0.6 is 0 Å². The van der Waals surface area contributed by atoms with Gasteiger partial charge in [-0.1, -0.05) is 24.3 Å². The molecular formula is C25H22N4O4. The van der Waals surface area contributed by atoms with Crippen molar-refractivity contribution >= 4 is 39.4 Å². The smallest absolute Gasteiger partial charge is 0.259 e. The molecule has 4 N–H and O–H groups in total. The molecule has 0 atom stereocenters. The molecular weight excluding hydrogens is 420 g/mol. The average molecular weight is 442 g/mol. The second-order valence-corrected chi connectivity index (χ2v) is 7.15. The summed E-state index contributed by atoms with van der Waals surface area (Å²) in [7, 11) is 3.03.